The minimum Gasteiger partial charge on any atom is -0.274 e. The van der Waals surface area contributed by atoms with E-state index in [1.165, 1.54) is 26.3 Å². The van der Waals surface area contributed by atoms with Gasteiger partial charge in [-0.2, -0.15) is 9.40 Å². The lowest BCUT2D eigenvalue weighted by atomic mass is 10.1. The zero-order chi connectivity index (χ0) is 22.0. The lowest BCUT2D eigenvalue weighted by molar-refractivity contribution is 0.0650. The van der Waals surface area contributed by atoms with Gasteiger partial charge >= 0.3 is 0 Å². The first-order valence-electron chi connectivity index (χ1n) is 9.71. The van der Waals surface area contributed by atoms with Crippen molar-refractivity contribution in [3.63, 3.8) is 0 Å². The highest BCUT2D eigenvalue weighted by atomic mass is 32.2. The molecule has 0 bridgehead atoms. The largest absolute Gasteiger partial charge is 0.274 e. The van der Waals surface area contributed by atoms with Gasteiger partial charge < -0.3 is 0 Å². The van der Waals surface area contributed by atoms with Crippen molar-refractivity contribution < 1.29 is 18.0 Å². The lowest BCUT2D eigenvalue weighted by Crippen LogP contribution is -2.36. The first kappa shape index (κ1) is 20.9. The van der Waals surface area contributed by atoms with Gasteiger partial charge in [0.1, 0.15) is 4.90 Å². The topological polar surface area (TPSA) is 105 Å². The van der Waals surface area contributed by atoms with E-state index in [4.69, 9.17) is 0 Å². The third kappa shape index (κ3) is 4.12. The molecule has 0 spiro atoms. The molecule has 4 rings (SSSR count). The molecule has 1 aromatic carbocycles. The Hall–Kier alpha value is -3.37. The predicted octanol–water partition coefficient (Wildman–Crippen LogP) is 1.69. The summed E-state index contributed by atoms with van der Waals surface area (Å²) in [6, 6.07) is 10.2. The Labute approximate surface area is 180 Å². The minimum atomic E-state index is -3.81. The molecule has 0 N–H and O–H groups in total. The first-order valence-corrected chi connectivity index (χ1v) is 11.1. The van der Waals surface area contributed by atoms with Gasteiger partial charge in [-0.1, -0.05) is 12.1 Å². The number of hydrogen-bond acceptors (Lipinski definition) is 6. The van der Waals surface area contributed by atoms with Crippen LogP contribution in [0.5, 0.6) is 0 Å². The van der Waals surface area contributed by atoms with Crippen molar-refractivity contribution in [3.05, 3.63) is 77.9 Å². The van der Waals surface area contributed by atoms with Crippen LogP contribution < -0.4 is 0 Å². The van der Waals surface area contributed by atoms with Gasteiger partial charge in [-0.3, -0.25) is 24.2 Å². The number of benzene rings is 1. The summed E-state index contributed by atoms with van der Waals surface area (Å²) in [5, 5.41) is 3.96. The summed E-state index contributed by atoms with van der Waals surface area (Å²) in [6.45, 7) is 0.399. The van der Waals surface area contributed by atoms with Crippen molar-refractivity contribution in [2.45, 2.75) is 17.9 Å². The summed E-state index contributed by atoms with van der Waals surface area (Å²) in [5.74, 6) is -0.701. The second-order valence-corrected chi connectivity index (χ2v) is 9.14. The zero-order valence-corrected chi connectivity index (χ0v) is 17.7. The Kier molecular flexibility index (Phi) is 5.66. The van der Waals surface area contributed by atoms with Crippen LogP contribution in [0, 0.1) is 0 Å². The molecule has 0 aliphatic carbocycles. The molecule has 0 saturated heterocycles. The maximum Gasteiger partial charge on any atom is 0.261 e. The minimum absolute atomic E-state index is 0.0878. The molecule has 0 atom stereocenters. The van der Waals surface area contributed by atoms with Crippen LogP contribution in [-0.2, 0) is 23.6 Å². The second kappa shape index (κ2) is 8.40. The molecule has 3 aromatic rings. The molecule has 2 aromatic heterocycles. The van der Waals surface area contributed by atoms with E-state index < -0.39 is 10.0 Å². The van der Waals surface area contributed by atoms with Crippen LogP contribution in [0.25, 0.3) is 0 Å². The number of nitrogens with zero attached hydrogens (tertiary/aromatic N) is 5. The van der Waals surface area contributed by atoms with E-state index in [0.717, 1.165) is 5.56 Å². The van der Waals surface area contributed by atoms with Gasteiger partial charge in [0.25, 0.3) is 11.8 Å². The number of hydrogen-bond donors (Lipinski definition) is 0. The van der Waals surface area contributed by atoms with Crippen LogP contribution in [0.4, 0.5) is 0 Å². The molecule has 1 aliphatic rings. The fourth-order valence-electron chi connectivity index (χ4n) is 3.50. The number of aryl methyl sites for hydroxylation is 1. The van der Waals surface area contributed by atoms with Crippen molar-refractivity contribution in [2.24, 2.45) is 7.05 Å². The summed E-state index contributed by atoms with van der Waals surface area (Å²) in [4.78, 5) is 30.3. The monoisotopic (exact) mass is 439 g/mol. The fourth-order valence-corrected chi connectivity index (χ4v) is 4.96. The van der Waals surface area contributed by atoms with Gasteiger partial charge in [-0.25, -0.2) is 8.42 Å². The van der Waals surface area contributed by atoms with Crippen LogP contribution in [0.2, 0.25) is 0 Å². The summed E-state index contributed by atoms with van der Waals surface area (Å²) >= 11 is 0. The highest BCUT2D eigenvalue weighted by Gasteiger charge is 2.35. The smallest absolute Gasteiger partial charge is 0.261 e. The molecule has 31 heavy (non-hydrogen) atoms. The lowest BCUT2D eigenvalue weighted by Gasteiger charge is -2.23. The van der Waals surface area contributed by atoms with Crippen molar-refractivity contribution in [3.8, 4) is 0 Å². The highest BCUT2D eigenvalue weighted by Crippen LogP contribution is 2.23. The van der Waals surface area contributed by atoms with Crippen LogP contribution >= 0.6 is 0 Å². The average molecular weight is 439 g/mol. The predicted molar refractivity (Wildman–Crippen MR) is 111 cm³/mol. The zero-order valence-electron chi connectivity index (χ0n) is 16.9. The van der Waals surface area contributed by atoms with Crippen molar-refractivity contribution >= 4 is 21.8 Å². The number of imide groups is 1. The number of aromatic nitrogens is 3. The molecule has 0 radical (unpaired) electrons. The van der Waals surface area contributed by atoms with E-state index >= 15 is 0 Å². The van der Waals surface area contributed by atoms with E-state index in [2.05, 4.69) is 10.1 Å². The van der Waals surface area contributed by atoms with Crippen LogP contribution in [-0.4, -0.2) is 57.3 Å². The quantitative estimate of drug-likeness (QED) is 0.495. The number of amides is 2. The summed E-state index contributed by atoms with van der Waals surface area (Å²) < 4.78 is 29.1. The summed E-state index contributed by atoms with van der Waals surface area (Å²) in [5.41, 5.74) is 1.54. The Morgan fingerprint density at radius 1 is 1.00 bits per heavy atom. The molecule has 9 nitrogen and oxygen atoms in total. The molecule has 0 fully saturated rings. The molecule has 3 heterocycles. The normalized spacial score (nSPS) is 13.8. The summed E-state index contributed by atoms with van der Waals surface area (Å²) in [7, 11) is -2.17. The van der Waals surface area contributed by atoms with Gasteiger partial charge in [-0.05, 0) is 36.2 Å². The van der Waals surface area contributed by atoms with E-state index in [-0.39, 0.29) is 36.3 Å². The SMILES string of the molecule is Cn1cc(S(=O)(=O)N(CCCN2C(=O)c3ccccc3C2=O)Cc2ccncc2)cn1. The number of carbonyl (C=O) groups is 2. The Morgan fingerprint density at radius 3 is 2.23 bits per heavy atom. The molecule has 1 aliphatic heterocycles. The molecule has 2 amide bonds. The standard InChI is InChI=1S/C21H21N5O4S/c1-24-15-17(13-23-24)31(29,30)25(14-16-7-9-22-10-8-16)11-4-12-26-20(27)18-5-2-3-6-19(18)21(26)28/h2-3,5-10,13,15H,4,11-12,14H2,1H3. The number of pyridine rings is 1. The molecule has 10 heteroatoms. The van der Waals surface area contributed by atoms with Gasteiger partial charge in [0.05, 0.1) is 17.3 Å². The second-order valence-electron chi connectivity index (χ2n) is 7.20. The molecular formula is C21H21N5O4S. The number of rotatable bonds is 8. The van der Waals surface area contributed by atoms with Crippen LogP contribution in [0.1, 0.15) is 32.7 Å². The highest BCUT2D eigenvalue weighted by molar-refractivity contribution is 7.89. The molecule has 160 valence electrons. The fraction of sp³-hybridized carbons (Fsp3) is 0.238. The van der Waals surface area contributed by atoms with Crippen LogP contribution in [0.3, 0.4) is 0 Å². The number of fused-ring (bicyclic) bond motifs is 1. The Morgan fingerprint density at radius 2 is 1.65 bits per heavy atom. The molecule has 0 saturated carbocycles. The molecular weight excluding hydrogens is 418 g/mol. The number of carbonyl (C=O) groups excluding carboxylic acids is 2. The van der Waals surface area contributed by atoms with Crippen LogP contribution in [0.15, 0.2) is 66.1 Å². The van der Waals surface area contributed by atoms with E-state index in [0.29, 0.717) is 17.5 Å². The maximum absolute atomic E-state index is 13.2. The maximum atomic E-state index is 13.2. The average Bonchev–Trinajstić information content (AvgIpc) is 3.31. The van der Waals surface area contributed by atoms with Crippen molar-refractivity contribution in [2.75, 3.05) is 13.1 Å². The third-order valence-corrected chi connectivity index (χ3v) is 6.89. The molecule has 0 unspecified atom stereocenters. The van der Waals surface area contributed by atoms with E-state index in [9.17, 15) is 18.0 Å². The summed E-state index contributed by atoms with van der Waals surface area (Å²) in [6.07, 6.45) is 6.25. The Balaban J connectivity index is 1.50. The van der Waals surface area contributed by atoms with Gasteiger partial charge in [0.2, 0.25) is 10.0 Å². The van der Waals surface area contributed by atoms with Gasteiger partial charge in [0, 0.05) is 45.3 Å². The van der Waals surface area contributed by atoms with Gasteiger partial charge in [0.15, 0.2) is 0 Å². The Bertz CT molecular complexity index is 1190. The van der Waals surface area contributed by atoms with Crippen molar-refractivity contribution in [1.82, 2.24) is 24.0 Å². The van der Waals surface area contributed by atoms with E-state index in [1.807, 2.05) is 0 Å². The van der Waals surface area contributed by atoms with Gasteiger partial charge in [-0.15, -0.1) is 0 Å². The van der Waals surface area contributed by atoms with Crippen molar-refractivity contribution in [1.29, 1.82) is 0 Å². The first-order chi connectivity index (χ1) is 14.9. The third-order valence-electron chi connectivity index (χ3n) is 5.09. The van der Waals surface area contributed by atoms with E-state index in [1.54, 1.807) is 55.8 Å². The number of sulfonamides is 1.